The van der Waals surface area contributed by atoms with Crippen molar-refractivity contribution in [2.45, 2.75) is 78.4 Å². The van der Waals surface area contributed by atoms with Gasteiger partial charge in [-0.25, -0.2) is 4.79 Å². The molecule has 0 saturated carbocycles. The number of rotatable bonds is 5. The summed E-state index contributed by atoms with van der Waals surface area (Å²) in [6, 6.07) is 0. The van der Waals surface area contributed by atoms with Gasteiger partial charge in [0, 0.05) is 25.2 Å². The van der Waals surface area contributed by atoms with Crippen molar-refractivity contribution in [3.63, 3.8) is 0 Å². The first-order valence-electron chi connectivity index (χ1n) is 8.36. The lowest BCUT2D eigenvalue weighted by Crippen LogP contribution is -2.48. The van der Waals surface area contributed by atoms with Gasteiger partial charge in [0.15, 0.2) is 0 Å². The van der Waals surface area contributed by atoms with E-state index in [2.05, 4.69) is 26.1 Å². The minimum absolute atomic E-state index is 0.167. The summed E-state index contributed by atoms with van der Waals surface area (Å²) >= 11 is 0. The fourth-order valence-electron chi connectivity index (χ4n) is 2.86. The predicted molar refractivity (Wildman–Crippen MR) is 87.5 cm³/mol. The van der Waals surface area contributed by atoms with Crippen molar-refractivity contribution in [3.8, 4) is 0 Å². The lowest BCUT2D eigenvalue weighted by Gasteiger charge is -2.36. The van der Waals surface area contributed by atoms with E-state index in [1.807, 2.05) is 25.7 Å². The number of carbonyl (C=O) groups is 1. The first kappa shape index (κ1) is 18.3. The van der Waals surface area contributed by atoms with Crippen LogP contribution in [0.5, 0.6) is 0 Å². The van der Waals surface area contributed by atoms with Gasteiger partial charge in [-0.05, 0) is 59.8 Å². The monoisotopic (exact) mass is 298 g/mol. The molecule has 1 unspecified atom stereocenters. The van der Waals surface area contributed by atoms with E-state index in [-0.39, 0.29) is 11.6 Å². The zero-order valence-electron chi connectivity index (χ0n) is 14.8. The molecule has 0 aromatic carbocycles. The number of likely N-dealkylation sites (tertiary alicyclic amines) is 1. The van der Waals surface area contributed by atoms with Gasteiger partial charge in [0.1, 0.15) is 5.60 Å². The lowest BCUT2D eigenvalue weighted by atomic mass is 9.94. The van der Waals surface area contributed by atoms with Crippen LogP contribution in [0.3, 0.4) is 0 Å². The third-order valence-electron chi connectivity index (χ3n) is 3.91. The molecule has 0 aliphatic carbocycles. The maximum Gasteiger partial charge on any atom is 0.410 e. The Morgan fingerprint density at radius 3 is 2.52 bits per heavy atom. The van der Waals surface area contributed by atoms with Gasteiger partial charge >= 0.3 is 6.09 Å². The van der Waals surface area contributed by atoms with Gasteiger partial charge in [-0.2, -0.15) is 0 Å². The highest BCUT2D eigenvalue weighted by Crippen LogP contribution is 2.20. The average Bonchev–Trinajstić information content (AvgIpc) is 2.35. The second kappa shape index (κ2) is 7.48. The highest BCUT2D eigenvalue weighted by Gasteiger charge is 2.28. The Bertz CT molecular complexity index is 334. The molecule has 1 fully saturated rings. The van der Waals surface area contributed by atoms with E-state index in [4.69, 9.17) is 4.74 Å². The molecule has 1 N–H and O–H groups in total. The molecule has 0 aromatic heterocycles. The van der Waals surface area contributed by atoms with Crippen LogP contribution in [0.15, 0.2) is 0 Å². The minimum atomic E-state index is -0.411. The molecule has 0 radical (unpaired) electrons. The summed E-state index contributed by atoms with van der Waals surface area (Å²) < 4.78 is 5.48. The number of amides is 1. The molecular formula is C17H34N2O2. The van der Waals surface area contributed by atoms with Crippen molar-refractivity contribution in [3.05, 3.63) is 0 Å². The Morgan fingerprint density at radius 2 is 1.95 bits per heavy atom. The van der Waals surface area contributed by atoms with Gasteiger partial charge < -0.3 is 15.0 Å². The van der Waals surface area contributed by atoms with Crippen molar-refractivity contribution in [2.24, 2.45) is 5.92 Å². The van der Waals surface area contributed by atoms with Gasteiger partial charge in [0.2, 0.25) is 0 Å². The molecule has 21 heavy (non-hydrogen) atoms. The number of ether oxygens (including phenoxy) is 1. The largest absolute Gasteiger partial charge is 0.444 e. The quantitative estimate of drug-likeness (QED) is 0.839. The van der Waals surface area contributed by atoms with Crippen molar-refractivity contribution in [1.29, 1.82) is 0 Å². The zero-order valence-corrected chi connectivity index (χ0v) is 14.8. The first-order valence-corrected chi connectivity index (χ1v) is 8.36. The summed E-state index contributed by atoms with van der Waals surface area (Å²) in [5.41, 5.74) is -0.228. The smallest absolute Gasteiger partial charge is 0.410 e. The Kier molecular flexibility index (Phi) is 6.51. The fourth-order valence-corrected chi connectivity index (χ4v) is 2.86. The highest BCUT2D eigenvalue weighted by molar-refractivity contribution is 5.68. The third-order valence-corrected chi connectivity index (χ3v) is 3.91. The van der Waals surface area contributed by atoms with Crippen LogP contribution < -0.4 is 5.32 Å². The Balaban J connectivity index is 2.43. The number of nitrogens with zero attached hydrogens (tertiary/aromatic N) is 1. The van der Waals surface area contributed by atoms with Crippen LogP contribution in [-0.4, -0.2) is 41.8 Å². The van der Waals surface area contributed by atoms with E-state index < -0.39 is 5.60 Å². The summed E-state index contributed by atoms with van der Waals surface area (Å²) in [4.78, 5) is 14.0. The summed E-state index contributed by atoms with van der Waals surface area (Å²) in [6.45, 7) is 15.1. The van der Waals surface area contributed by atoms with Crippen LogP contribution in [0.4, 0.5) is 4.79 Å². The molecule has 1 heterocycles. The molecule has 1 amide bonds. The third kappa shape index (κ3) is 7.16. The van der Waals surface area contributed by atoms with E-state index in [1.54, 1.807) is 0 Å². The summed E-state index contributed by atoms with van der Waals surface area (Å²) in [5, 5.41) is 3.66. The predicted octanol–water partition coefficient (Wildman–Crippen LogP) is 3.80. The first-order chi connectivity index (χ1) is 9.63. The standard InChI is InChI=1S/C17H34N2O2/c1-7-10-17(5,6)18-12-14-9-8-11-19(13-14)15(20)21-16(2,3)4/h14,18H,7-13H2,1-6H3. The second-order valence-corrected chi connectivity index (χ2v) is 7.95. The van der Waals surface area contributed by atoms with Gasteiger partial charge in [-0.3, -0.25) is 0 Å². The number of carbonyl (C=O) groups excluding carboxylic acids is 1. The summed E-state index contributed by atoms with van der Waals surface area (Å²) in [7, 11) is 0. The van der Waals surface area contributed by atoms with E-state index in [0.717, 1.165) is 26.1 Å². The topological polar surface area (TPSA) is 41.6 Å². The van der Waals surface area contributed by atoms with Crippen molar-refractivity contribution in [1.82, 2.24) is 10.2 Å². The number of piperidine rings is 1. The van der Waals surface area contributed by atoms with Crippen LogP contribution >= 0.6 is 0 Å². The minimum Gasteiger partial charge on any atom is -0.444 e. The summed E-state index contributed by atoms with van der Waals surface area (Å²) in [5.74, 6) is 0.530. The molecule has 4 heteroatoms. The molecule has 1 saturated heterocycles. The molecule has 0 spiro atoms. The van der Waals surface area contributed by atoms with Crippen molar-refractivity contribution in [2.75, 3.05) is 19.6 Å². The van der Waals surface area contributed by atoms with Crippen molar-refractivity contribution < 1.29 is 9.53 Å². The lowest BCUT2D eigenvalue weighted by molar-refractivity contribution is 0.0163. The van der Waals surface area contributed by atoms with Crippen LogP contribution in [0.1, 0.15) is 67.2 Å². The van der Waals surface area contributed by atoms with Crippen LogP contribution in [-0.2, 0) is 4.74 Å². The van der Waals surface area contributed by atoms with Crippen LogP contribution in [0, 0.1) is 5.92 Å². The fraction of sp³-hybridized carbons (Fsp3) is 0.941. The van der Waals surface area contributed by atoms with Gasteiger partial charge in [0.05, 0.1) is 0 Å². The van der Waals surface area contributed by atoms with Gasteiger partial charge in [-0.15, -0.1) is 0 Å². The van der Waals surface area contributed by atoms with Crippen LogP contribution in [0.2, 0.25) is 0 Å². The van der Waals surface area contributed by atoms with E-state index in [0.29, 0.717) is 5.92 Å². The molecule has 1 rings (SSSR count). The maximum absolute atomic E-state index is 12.1. The Labute approximate surface area is 130 Å². The SMILES string of the molecule is CCCC(C)(C)NCC1CCCN(C(=O)OC(C)(C)C)C1. The Hall–Kier alpha value is -0.770. The van der Waals surface area contributed by atoms with Gasteiger partial charge in [0.25, 0.3) is 0 Å². The van der Waals surface area contributed by atoms with Gasteiger partial charge in [-0.1, -0.05) is 13.3 Å². The molecule has 0 aromatic rings. The molecule has 4 nitrogen and oxygen atoms in total. The highest BCUT2D eigenvalue weighted by atomic mass is 16.6. The normalized spacial score (nSPS) is 20.5. The summed E-state index contributed by atoms with van der Waals surface area (Å²) in [6.07, 6.45) is 4.46. The van der Waals surface area contributed by atoms with E-state index >= 15 is 0 Å². The van der Waals surface area contributed by atoms with E-state index in [9.17, 15) is 4.79 Å². The molecule has 0 bridgehead atoms. The Morgan fingerprint density at radius 1 is 1.29 bits per heavy atom. The molecule has 1 aliphatic heterocycles. The van der Waals surface area contributed by atoms with Crippen LogP contribution in [0.25, 0.3) is 0 Å². The molecule has 1 aliphatic rings. The second-order valence-electron chi connectivity index (χ2n) is 7.95. The van der Waals surface area contributed by atoms with Crippen molar-refractivity contribution >= 4 is 6.09 Å². The van der Waals surface area contributed by atoms with E-state index in [1.165, 1.54) is 19.3 Å². The maximum atomic E-state index is 12.1. The number of hydrogen-bond donors (Lipinski definition) is 1. The molecule has 124 valence electrons. The number of hydrogen-bond acceptors (Lipinski definition) is 3. The average molecular weight is 298 g/mol. The number of nitrogens with one attached hydrogen (secondary N) is 1. The zero-order chi connectivity index (χ0) is 16.1. The molecule has 1 atom stereocenters. The molecular weight excluding hydrogens is 264 g/mol.